The molecule has 2 rings (SSSR count). The molecule has 2 aromatic carbocycles. The van der Waals surface area contributed by atoms with Gasteiger partial charge in [-0.25, -0.2) is 0 Å². The van der Waals surface area contributed by atoms with E-state index in [0.29, 0.717) is 5.56 Å². The van der Waals surface area contributed by atoms with Crippen LogP contribution in [0, 0.1) is 6.92 Å². The van der Waals surface area contributed by atoms with Crippen LogP contribution in [0.5, 0.6) is 0 Å². The fraction of sp³-hybridized carbons (Fsp3) is 0.176. The second-order valence-corrected chi connectivity index (χ2v) is 4.55. The van der Waals surface area contributed by atoms with Crippen molar-refractivity contribution in [1.82, 2.24) is 0 Å². The Bertz CT molecular complexity index is 630. The van der Waals surface area contributed by atoms with E-state index < -0.39 is 5.97 Å². The summed E-state index contributed by atoms with van der Waals surface area (Å²) >= 11 is 0. The SMILES string of the molecule is CC(=O)OCC(=O)c1cccc(-c2ccccc2)c1C. The molecule has 0 saturated heterocycles. The zero-order valence-electron chi connectivity index (χ0n) is 11.6. The number of rotatable bonds is 4. The first-order chi connectivity index (χ1) is 9.59. The average Bonchev–Trinajstić information content (AvgIpc) is 2.46. The second-order valence-electron chi connectivity index (χ2n) is 4.55. The molecule has 0 saturated carbocycles. The van der Waals surface area contributed by atoms with Crippen molar-refractivity contribution in [1.29, 1.82) is 0 Å². The van der Waals surface area contributed by atoms with Crippen molar-refractivity contribution >= 4 is 11.8 Å². The Kier molecular flexibility index (Phi) is 4.31. The molecule has 3 nitrogen and oxygen atoms in total. The van der Waals surface area contributed by atoms with E-state index in [1.54, 1.807) is 6.07 Å². The Morgan fingerprint density at radius 2 is 1.70 bits per heavy atom. The van der Waals surface area contributed by atoms with E-state index in [0.717, 1.165) is 16.7 Å². The van der Waals surface area contributed by atoms with Gasteiger partial charge in [0.15, 0.2) is 6.61 Å². The van der Waals surface area contributed by atoms with Crippen LogP contribution in [0.4, 0.5) is 0 Å². The van der Waals surface area contributed by atoms with Crippen LogP contribution in [-0.4, -0.2) is 18.4 Å². The standard InChI is InChI=1S/C17H16O3/c1-12-15(14-7-4-3-5-8-14)9-6-10-16(12)17(19)11-20-13(2)18/h3-10H,11H2,1-2H3. The third kappa shape index (κ3) is 3.12. The van der Waals surface area contributed by atoms with E-state index in [4.69, 9.17) is 4.74 Å². The van der Waals surface area contributed by atoms with Crippen LogP contribution in [0.25, 0.3) is 11.1 Å². The van der Waals surface area contributed by atoms with Crippen LogP contribution in [0.3, 0.4) is 0 Å². The number of carbonyl (C=O) groups excluding carboxylic acids is 2. The fourth-order valence-corrected chi connectivity index (χ4v) is 2.11. The molecule has 0 aliphatic rings. The van der Waals surface area contributed by atoms with Crippen LogP contribution in [0.2, 0.25) is 0 Å². The monoisotopic (exact) mass is 268 g/mol. The lowest BCUT2D eigenvalue weighted by atomic mass is 9.95. The van der Waals surface area contributed by atoms with E-state index in [1.165, 1.54) is 6.92 Å². The Labute approximate surface area is 118 Å². The number of esters is 1. The number of ether oxygens (including phenoxy) is 1. The molecule has 0 atom stereocenters. The third-order valence-corrected chi connectivity index (χ3v) is 3.13. The Morgan fingerprint density at radius 3 is 2.35 bits per heavy atom. The molecule has 3 heteroatoms. The molecule has 0 radical (unpaired) electrons. The molecule has 0 bridgehead atoms. The van der Waals surface area contributed by atoms with Crippen molar-refractivity contribution in [2.24, 2.45) is 0 Å². The van der Waals surface area contributed by atoms with Gasteiger partial charge in [0.1, 0.15) is 0 Å². The van der Waals surface area contributed by atoms with E-state index in [-0.39, 0.29) is 12.4 Å². The minimum atomic E-state index is -0.449. The van der Waals surface area contributed by atoms with Crippen LogP contribution in [0.1, 0.15) is 22.8 Å². The second kappa shape index (κ2) is 6.15. The van der Waals surface area contributed by atoms with Gasteiger partial charge >= 0.3 is 5.97 Å². The first-order valence-electron chi connectivity index (χ1n) is 6.41. The number of benzene rings is 2. The maximum Gasteiger partial charge on any atom is 0.303 e. The molecule has 0 unspecified atom stereocenters. The first-order valence-corrected chi connectivity index (χ1v) is 6.41. The molecule has 0 aromatic heterocycles. The van der Waals surface area contributed by atoms with Crippen LogP contribution in [-0.2, 0) is 9.53 Å². The molecular weight excluding hydrogens is 252 g/mol. The largest absolute Gasteiger partial charge is 0.457 e. The molecule has 102 valence electrons. The van der Waals surface area contributed by atoms with Crippen molar-refractivity contribution in [2.45, 2.75) is 13.8 Å². The van der Waals surface area contributed by atoms with Gasteiger partial charge in [0, 0.05) is 12.5 Å². The zero-order valence-corrected chi connectivity index (χ0v) is 11.6. The lowest BCUT2D eigenvalue weighted by Crippen LogP contribution is -2.13. The minimum absolute atomic E-state index is 0.185. The molecule has 0 fully saturated rings. The maximum atomic E-state index is 12.1. The molecule has 0 amide bonds. The summed E-state index contributed by atoms with van der Waals surface area (Å²) in [4.78, 5) is 22.9. The Balaban J connectivity index is 2.33. The number of ketones is 1. The fourth-order valence-electron chi connectivity index (χ4n) is 2.11. The van der Waals surface area contributed by atoms with Gasteiger partial charge in [-0.3, -0.25) is 9.59 Å². The van der Waals surface area contributed by atoms with Gasteiger partial charge in [-0.15, -0.1) is 0 Å². The normalized spacial score (nSPS) is 10.1. The summed E-state index contributed by atoms with van der Waals surface area (Å²) in [6, 6.07) is 15.5. The molecule has 0 spiro atoms. The van der Waals surface area contributed by atoms with Crippen molar-refractivity contribution < 1.29 is 14.3 Å². The van der Waals surface area contributed by atoms with Crippen molar-refractivity contribution in [2.75, 3.05) is 6.61 Å². The highest BCUT2D eigenvalue weighted by atomic mass is 16.5. The number of hydrogen-bond donors (Lipinski definition) is 0. The van der Waals surface area contributed by atoms with E-state index >= 15 is 0 Å². The van der Waals surface area contributed by atoms with Gasteiger partial charge in [-0.2, -0.15) is 0 Å². The van der Waals surface area contributed by atoms with E-state index in [2.05, 4.69) is 0 Å². The molecule has 0 aliphatic carbocycles. The highest BCUT2D eigenvalue weighted by Crippen LogP contribution is 2.25. The molecule has 0 N–H and O–H groups in total. The van der Waals surface area contributed by atoms with E-state index in [1.807, 2.05) is 49.4 Å². The summed E-state index contributed by atoms with van der Waals surface area (Å²) in [6.45, 7) is 2.98. The summed E-state index contributed by atoms with van der Waals surface area (Å²) < 4.78 is 4.77. The molecule has 0 aliphatic heterocycles. The van der Waals surface area contributed by atoms with Crippen LogP contribution in [0.15, 0.2) is 48.5 Å². The maximum absolute atomic E-state index is 12.1. The van der Waals surface area contributed by atoms with Crippen LogP contribution >= 0.6 is 0 Å². The predicted octanol–water partition coefficient (Wildman–Crippen LogP) is 3.41. The summed E-state index contributed by atoms with van der Waals surface area (Å²) in [6.07, 6.45) is 0. The summed E-state index contributed by atoms with van der Waals surface area (Å²) in [5.41, 5.74) is 3.56. The number of hydrogen-bond acceptors (Lipinski definition) is 3. The minimum Gasteiger partial charge on any atom is -0.457 e. The Hall–Kier alpha value is -2.42. The highest BCUT2D eigenvalue weighted by Gasteiger charge is 2.13. The van der Waals surface area contributed by atoms with E-state index in [9.17, 15) is 9.59 Å². The van der Waals surface area contributed by atoms with Crippen molar-refractivity contribution in [3.05, 3.63) is 59.7 Å². The molecule has 20 heavy (non-hydrogen) atoms. The highest BCUT2D eigenvalue weighted by molar-refractivity contribution is 6.00. The topological polar surface area (TPSA) is 43.4 Å². The molecule has 2 aromatic rings. The first kappa shape index (κ1) is 14.0. The van der Waals surface area contributed by atoms with Crippen LogP contribution < -0.4 is 0 Å². The quantitative estimate of drug-likeness (QED) is 0.630. The third-order valence-electron chi connectivity index (χ3n) is 3.13. The summed E-state index contributed by atoms with van der Waals surface area (Å²) in [5, 5.41) is 0. The number of carbonyl (C=O) groups is 2. The molecular formula is C17H16O3. The Morgan fingerprint density at radius 1 is 1.00 bits per heavy atom. The van der Waals surface area contributed by atoms with Gasteiger partial charge in [0.2, 0.25) is 5.78 Å². The zero-order chi connectivity index (χ0) is 14.5. The van der Waals surface area contributed by atoms with Gasteiger partial charge in [0.25, 0.3) is 0 Å². The summed E-state index contributed by atoms with van der Waals surface area (Å²) in [5.74, 6) is -0.634. The average molecular weight is 268 g/mol. The van der Waals surface area contributed by atoms with Gasteiger partial charge in [0.05, 0.1) is 0 Å². The molecule has 0 heterocycles. The van der Waals surface area contributed by atoms with Crippen molar-refractivity contribution in [3.8, 4) is 11.1 Å². The van der Waals surface area contributed by atoms with Gasteiger partial charge in [-0.1, -0.05) is 48.5 Å². The predicted molar refractivity (Wildman–Crippen MR) is 77.6 cm³/mol. The van der Waals surface area contributed by atoms with Gasteiger partial charge < -0.3 is 4.74 Å². The lowest BCUT2D eigenvalue weighted by molar-refractivity contribution is -0.139. The number of Topliss-reactive ketones (excluding diaryl/α,β-unsaturated/α-hetero) is 1. The summed E-state index contributed by atoms with van der Waals surface area (Å²) in [7, 11) is 0. The van der Waals surface area contributed by atoms with Crippen molar-refractivity contribution in [3.63, 3.8) is 0 Å². The van der Waals surface area contributed by atoms with Gasteiger partial charge in [-0.05, 0) is 23.6 Å². The smallest absolute Gasteiger partial charge is 0.303 e. The lowest BCUT2D eigenvalue weighted by Gasteiger charge is -2.11.